The van der Waals surface area contributed by atoms with Crippen LogP contribution in [0.25, 0.3) is 0 Å². The molecule has 6 nitrogen and oxygen atoms in total. The van der Waals surface area contributed by atoms with Crippen molar-refractivity contribution >= 4 is 44.3 Å². The lowest BCUT2D eigenvalue weighted by Gasteiger charge is -2.21. The predicted octanol–water partition coefficient (Wildman–Crippen LogP) is 1.79. The molecule has 2 rings (SSSR count). The Hall–Kier alpha value is -0.870. The van der Waals surface area contributed by atoms with Crippen LogP contribution in [0.4, 0.5) is 10.5 Å². The molecule has 0 unspecified atom stereocenters. The molecule has 1 aromatic rings. The third-order valence-corrected chi connectivity index (χ3v) is 5.33. The Balaban J connectivity index is 1.95. The summed E-state index contributed by atoms with van der Waals surface area (Å²) in [7, 11) is -3.19. The average Bonchev–Trinajstić information content (AvgIpc) is 2.67. The SMILES string of the molecule is CS(=O)(=O)N1CCCN(C(=O)Nc2ccc(I)cc2)CC1. The molecule has 2 amide bonds. The van der Waals surface area contributed by atoms with Gasteiger partial charge in [0.1, 0.15) is 0 Å². The number of rotatable bonds is 2. The molecule has 1 heterocycles. The number of urea groups is 1. The standard InChI is InChI=1S/C13H18IN3O3S/c1-21(19,20)17-8-2-7-16(9-10-17)13(18)15-12-5-3-11(14)4-6-12/h3-6H,2,7-10H2,1H3,(H,15,18). The fraction of sp³-hybridized carbons (Fsp3) is 0.462. The highest BCUT2D eigenvalue weighted by Gasteiger charge is 2.23. The van der Waals surface area contributed by atoms with E-state index in [1.807, 2.05) is 24.3 Å². The van der Waals surface area contributed by atoms with Gasteiger partial charge in [0.15, 0.2) is 0 Å². The van der Waals surface area contributed by atoms with E-state index < -0.39 is 10.0 Å². The van der Waals surface area contributed by atoms with Gasteiger partial charge in [0.05, 0.1) is 6.26 Å². The third kappa shape index (κ3) is 4.82. The molecule has 0 bridgehead atoms. The molecule has 1 saturated heterocycles. The molecule has 116 valence electrons. The molecule has 0 spiro atoms. The lowest BCUT2D eigenvalue weighted by molar-refractivity contribution is 0.214. The number of halogens is 1. The van der Waals surface area contributed by atoms with Crippen molar-refractivity contribution in [2.75, 3.05) is 37.8 Å². The fourth-order valence-electron chi connectivity index (χ4n) is 2.16. The average molecular weight is 423 g/mol. The number of nitrogens with one attached hydrogen (secondary N) is 1. The number of carbonyl (C=O) groups is 1. The van der Waals surface area contributed by atoms with Gasteiger partial charge in [0.2, 0.25) is 10.0 Å². The Morgan fingerprint density at radius 2 is 1.81 bits per heavy atom. The smallest absolute Gasteiger partial charge is 0.321 e. The second-order valence-electron chi connectivity index (χ2n) is 4.94. The highest BCUT2D eigenvalue weighted by Crippen LogP contribution is 2.13. The zero-order valence-corrected chi connectivity index (χ0v) is 14.7. The van der Waals surface area contributed by atoms with Crippen molar-refractivity contribution in [3.8, 4) is 0 Å². The zero-order valence-electron chi connectivity index (χ0n) is 11.8. The monoisotopic (exact) mass is 423 g/mol. The summed E-state index contributed by atoms with van der Waals surface area (Å²) in [4.78, 5) is 13.9. The molecule has 0 aromatic heterocycles. The van der Waals surface area contributed by atoms with Gasteiger partial charge < -0.3 is 10.2 Å². The van der Waals surface area contributed by atoms with Crippen LogP contribution in [0.15, 0.2) is 24.3 Å². The van der Waals surface area contributed by atoms with Gasteiger partial charge in [-0.05, 0) is 53.3 Å². The summed E-state index contributed by atoms with van der Waals surface area (Å²) < 4.78 is 25.6. The van der Waals surface area contributed by atoms with E-state index in [1.165, 1.54) is 10.6 Å². The van der Waals surface area contributed by atoms with E-state index >= 15 is 0 Å². The van der Waals surface area contributed by atoms with E-state index in [2.05, 4.69) is 27.9 Å². The van der Waals surface area contributed by atoms with Gasteiger partial charge in [-0.2, -0.15) is 0 Å². The highest BCUT2D eigenvalue weighted by atomic mass is 127. The maximum absolute atomic E-state index is 12.2. The van der Waals surface area contributed by atoms with Crippen molar-refractivity contribution in [3.63, 3.8) is 0 Å². The largest absolute Gasteiger partial charge is 0.323 e. The van der Waals surface area contributed by atoms with Crippen LogP contribution in [-0.4, -0.2) is 56.1 Å². The minimum Gasteiger partial charge on any atom is -0.323 e. The molecular weight excluding hydrogens is 405 g/mol. The first-order valence-electron chi connectivity index (χ1n) is 6.63. The molecule has 0 saturated carbocycles. The molecule has 1 fully saturated rings. The Morgan fingerprint density at radius 3 is 2.43 bits per heavy atom. The topological polar surface area (TPSA) is 69.7 Å². The van der Waals surface area contributed by atoms with E-state index in [4.69, 9.17) is 0 Å². The zero-order chi connectivity index (χ0) is 15.5. The number of hydrogen-bond acceptors (Lipinski definition) is 3. The Bertz CT molecular complexity index is 604. The maximum Gasteiger partial charge on any atom is 0.321 e. The van der Waals surface area contributed by atoms with Gasteiger partial charge in [-0.1, -0.05) is 0 Å². The first-order chi connectivity index (χ1) is 9.86. The van der Waals surface area contributed by atoms with Crippen LogP contribution < -0.4 is 5.32 Å². The fourth-order valence-corrected chi connectivity index (χ4v) is 3.40. The maximum atomic E-state index is 12.2. The molecule has 1 aromatic carbocycles. The van der Waals surface area contributed by atoms with Crippen LogP contribution in [0, 0.1) is 3.57 Å². The van der Waals surface area contributed by atoms with Crippen molar-refractivity contribution < 1.29 is 13.2 Å². The Morgan fingerprint density at radius 1 is 1.14 bits per heavy atom. The number of nitrogens with zero attached hydrogens (tertiary/aromatic N) is 2. The van der Waals surface area contributed by atoms with Crippen LogP contribution >= 0.6 is 22.6 Å². The van der Waals surface area contributed by atoms with Crippen molar-refractivity contribution in [1.82, 2.24) is 9.21 Å². The quantitative estimate of drug-likeness (QED) is 0.738. The van der Waals surface area contributed by atoms with Crippen molar-refractivity contribution in [2.45, 2.75) is 6.42 Å². The first-order valence-corrected chi connectivity index (χ1v) is 9.55. The normalized spacial score (nSPS) is 17.3. The lowest BCUT2D eigenvalue weighted by atomic mass is 10.3. The number of hydrogen-bond donors (Lipinski definition) is 1. The summed E-state index contributed by atoms with van der Waals surface area (Å²) in [6.07, 6.45) is 1.85. The number of benzene rings is 1. The molecular formula is C13H18IN3O3S. The van der Waals surface area contributed by atoms with Crippen LogP contribution in [0.3, 0.4) is 0 Å². The minimum atomic E-state index is -3.19. The molecule has 1 aliphatic rings. The van der Waals surface area contributed by atoms with Gasteiger partial charge >= 0.3 is 6.03 Å². The van der Waals surface area contributed by atoms with Gasteiger partial charge in [0.25, 0.3) is 0 Å². The minimum absolute atomic E-state index is 0.188. The molecule has 0 radical (unpaired) electrons. The van der Waals surface area contributed by atoms with E-state index in [0.29, 0.717) is 32.6 Å². The summed E-state index contributed by atoms with van der Waals surface area (Å²) >= 11 is 2.20. The van der Waals surface area contributed by atoms with E-state index in [0.717, 1.165) is 9.26 Å². The number of anilines is 1. The van der Waals surface area contributed by atoms with Gasteiger partial charge in [-0.15, -0.1) is 0 Å². The summed E-state index contributed by atoms with van der Waals surface area (Å²) in [5, 5.41) is 2.84. The van der Waals surface area contributed by atoms with Crippen LogP contribution in [0.1, 0.15) is 6.42 Å². The third-order valence-electron chi connectivity index (χ3n) is 3.31. The van der Waals surface area contributed by atoms with Crippen molar-refractivity contribution in [3.05, 3.63) is 27.8 Å². The number of amides is 2. The summed E-state index contributed by atoms with van der Waals surface area (Å²) in [5.41, 5.74) is 0.740. The molecule has 0 atom stereocenters. The molecule has 21 heavy (non-hydrogen) atoms. The summed E-state index contributed by atoms with van der Waals surface area (Å²) in [5.74, 6) is 0. The first kappa shape index (κ1) is 16.5. The van der Waals surface area contributed by atoms with Gasteiger partial charge in [-0.25, -0.2) is 17.5 Å². The van der Waals surface area contributed by atoms with E-state index in [-0.39, 0.29) is 6.03 Å². The van der Waals surface area contributed by atoms with Crippen LogP contribution in [0.5, 0.6) is 0 Å². The Kier molecular flexibility index (Phi) is 5.44. The number of sulfonamides is 1. The van der Waals surface area contributed by atoms with Gasteiger partial charge in [-0.3, -0.25) is 0 Å². The van der Waals surface area contributed by atoms with E-state index in [9.17, 15) is 13.2 Å². The number of carbonyl (C=O) groups excluding carboxylic acids is 1. The summed E-state index contributed by atoms with van der Waals surface area (Å²) in [6.45, 7) is 1.77. The molecule has 0 aliphatic carbocycles. The van der Waals surface area contributed by atoms with Crippen LogP contribution in [-0.2, 0) is 10.0 Å². The lowest BCUT2D eigenvalue weighted by Crippen LogP contribution is -2.39. The summed E-state index contributed by atoms with van der Waals surface area (Å²) in [6, 6.07) is 7.35. The van der Waals surface area contributed by atoms with Crippen molar-refractivity contribution in [2.24, 2.45) is 0 Å². The van der Waals surface area contributed by atoms with Gasteiger partial charge in [0, 0.05) is 35.4 Å². The second-order valence-corrected chi connectivity index (χ2v) is 8.17. The molecule has 8 heteroatoms. The molecule has 1 aliphatic heterocycles. The van der Waals surface area contributed by atoms with E-state index in [1.54, 1.807) is 4.90 Å². The van der Waals surface area contributed by atoms with Crippen molar-refractivity contribution in [1.29, 1.82) is 0 Å². The second kappa shape index (κ2) is 6.93. The predicted molar refractivity (Wildman–Crippen MR) is 90.8 cm³/mol. The molecule has 1 N–H and O–H groups in total. The Labute approximate surface area is 138 Å². The van der Waals surface area contributed by atoms with Crippen LogP contribution in [0.2, 0.25) is 0 Å². The highest BCUT2D eigenvalue weighted by molar-refractivity contribution is 14.1.